The number of benzene rings is 1. The van der Waals surface area contributed by atoms with Crippen molar-refractivity contribution in [2.75, 3.05) is 24.2 Å². The van der Waals surface area contributed by atoms with Crippen LogP contribution in [0, 0.1) is 5.92 Å². The van der Waals surface area contributed by atoms with Gasteiger partial charge in [-0.2, -0.15) is 13.2 Å². The van der Waals surface area contributed by atoms with Crippen molar-refractivity contribution in [3.63, 3.8) is 0 Å². The second kappa shape index (κ2) is 6.60. The van der Waals surface area contributed by atoms with Crippen LogP contribution in [0.5, 0.6) is 0 Å². The fourth-order valence-electron chi connectivity index (χ4n) is 2.23. The first-order valence-corrected chi connectivity index (χ1v) is 7.81. The van der Waals surface area contributed by atoms with Crippen molar-refractivity contribution in [3.8, 4) is 0 Å². The van der Waals surface area contributed by atoms with Gasteiger partial charge < -0.3 is 10.2 Å². The van der Waals surface area contributed by atoms with Crippen molar-refractivity contribution in [3.05, 3.63) is 24.3 Å². The van der Waals surface area contributed by atoms with Gasteiger partial charge in [0.15, 0.2) is 0 Å². The molecule has 22 heavy (non-hydrogen) atoms. The first-order valence-electron chi connectivity index (χ1n) is 6.59. The lowest BCUT2D eigenvalue weighted by molar-refractivity contribution is -0.140. The Kier molecular flexibility index (Phi) is 5.00. The summed E-state index contributed by atoms with van der Waals surface area (Å²) in [6, 6.07) is 7.23. The molecule has 2 rings (SSSR count). The maximum absolute atomic E-state index is 12.1. The summed E-state index contributed by atoms with van der Waals surface area (Å²) in [4.78, 5) is 26.2. The standard InChI is InChI=1S/C14H15F3N2O2S/c1-22-11-4-2-10(3-5-11)19-7-9(6-12(19)20)13(21)18-8-14(15,16)17/h2-5,9H,6-8H2,1H3,(H,18,21). The molecule has 1 saturated heterocycles. The number of nitrogens with one attached hydrogen (secondary N) is 1. The number of hydrogen-bond acceptors (Lipinski definition) is 3. The molecule has 1 heterocycles. The van der Waals surface area contributed by atoms with Crippen molar-refractivity contribution in [2.45, 2.75) is 17.5 Å². The summed E-state index contributed by atoms with van der Waals surface area (Å²) in [6.45, 7) is -1.28. The van der Waals surface area contributed by atoms with E-state index in [9.17, 15) is 22.8 Å². The van der Waals surface area contributed by atoms with Crippen LogP contribution in [0.25, 0.3) is 0 Å². The van der Waals surface area contributed by atoms with Crippen LogP contribution in [0.15, 0.2) is 29.2 Å². The van der Waals surface area contributed by atoms with Crippen molar-refractivity contribution in [1.82, 2.24) is 5.32 Å². The van der Waals surface area contributed by atoms with Gasteiger partial charge in [-0.3, -0.25) is 9.59 Å². The Morgan fingerprint density at radius 1 is 1.36 bits per heavy atom. The summed E-state index contributed by atoms with van der Waals surface area (Å²) in [6.07, 6.45) is -2.60. The van der Waals surface area contributed by atoms with Crippen LogP contribution in [-0.2, 0) is 9.59 Å². The molecule has 1 aromatic carbocycles. The highest BCUT2D eigenvalue weighted by Gasteiger charge is 2.36. The zero-order chi connectivity index (χ0) is 16.3. The average Bonchev–Trinajstić information content (AvgIpc) is 2.86. The molecular weight excluding hydrogens is 317 g/mol. The van der Waals surface area contributed by atoms with E-state index in [2.05, 4.69) is 0 Å². The summed E-state index contributed by atoms with van der Waals surface area (Å²) in [5, 5.41) is 1.83. The van der Waals surface area contributed by atoms with Gasteiger partial charge in [0.05, 0.1) is 5.92 Å². The van der Waals surface area contributed by atoms with Gasteiger partial charge in [0.25, 0.3) is 0 Å². The van der Waals surface area contributed by atoms with E-state index < -0.39 is 24.5 Å². The van der Waals surface area contributed by atoms with Crippen LogP contribution < -0.4 is 10.2 Å². The Labute approximate surface area is 130 Å². The normalized spacial score (nSPS) is 18.6. The van der Waals surface area contributed by atoms with Crippen molar-refractivity contribution >= 4 is 29.3 Å². The topological polar surface area (TPSA) is 49.4 Å². The Hall–Kier alpha value is -1.70. The number of alkyl halides is 3. The number of thioether (sulfide) groups is 1. The molecule has 0 aromatic heterocycles. The minimum absolute atomic E-state index is 0.0754. The predicted molar refractivity (Wildman–Crippen MR) is 77.7 cm³/mol. The molecule has 1 unspecified atom stereocenters. The molecule has 4 nitrogen and oxygen atoms in total. The van der Waals surface area contributed by atoms with Gasteiger partial charge in [-0.25, -0.2) is 0 Å². The molecular formula is C14H15F3N2O2S. The maximum atomic E-state index is 12.1. The molecule has 1 fully saturated rings. The molecule has 0 saturated carbocycles. The van der Waals surface area contributed by atoms with Crippen LogP contribution in [0.1, 0.15) is 6.42 Å². The van der Waals surface area contributed by atoms with Crippen LogP contribution in [0.3, 0.4) is 0 Å². The number of amides is 2. The second-order valence-corrected chi connectivity index (χ2v) is 5.82. The van der Waals surface area contributed by atoms with Crippen LogP contribution in [-0.4, -0.2) is 37.3 Å². The zero-order valence-electron chi connectivity index (χ0n) is 11.8. The lowest BCUT2D eigenvalue weighted by atomic mass is 10.1. The maximum Gasteiger partial charge on any atom is 0.405 e. The van der Waals surface area contributed by atoms with E-state index >= 15 is 0 Å². The quantitative estimate of drug-likeness (QED) is 0.862. The molecule has 0 bridgehead atoms. The minimum Gasteiger partial charge on any atom is -0.347 e. The largest absolute Gasteiger partial charge is 0.405 e. The summed E-state index contributed by atoms with van der Waals surface area (Å²) < 4.78 is 36.3. The molecule has 8 heteroatoms. The number of hydrogen-bond donors (Lipinski definition) is 1. The minimum atomic E-state index is -4.45. The van der Waals surface area contributed by atoms with Gasteiger partial charge in [-0.05, 0) is 30.5 Å². The van der Waals surface area contributed by atoms with Gasteiger partial charge in [0, 0.05) is 23.5 Å². The van der Waals surface area contributed by atoms with E-state index in [4.69, 9.17) is 0 Å². The molecule has 0 spiro atoms. The van der Waals surface area contributed by atoms with E-state index in [-0.39, 0.29) is 18.9 Å². The first kappa shape index (κ1) is 16.7. The van der Waals surface area contributed by atoms with Crippen LogP contribution >= 0.6 is 11.8 Å². The van der Waals surface area contributed by atoms with E-state index in [1.54, 1.807) is 23.9 Å². The molecule has 1 N–H and O–H groups in total. The predicted octanol–water partition coefficient (Wildman–Crippen LogP) is 2.44. The van der Waals surface area contributed by atoms with Gasteiger partial charge in [0.1, 0.15) is 6.54 Å². The first-order chi connectivity index (χ1) is 10.3. The lowest BCUT2D eigenvalue weighted by Crippen LogP contribution is -2.38. The Balaban J connectivity index is 1.99. The number of nitrogens with zero attached hydrogens (tertiary/aromatic N) is 1. The third-order valence-corrected chi connectivity index (χ3v) is 4.09. The van der Waals surface area contributed by atoms with E-state index in [0.29, 0.717) is 5.69 Å². The summed E-state index contributed by atoms with van der Waals surface area (Å²) >= 11 is 1.56. The van der Waals surface area contributed by atoms with Crippen LogP contribution in [0.4, 0.5) is 18.9 Å². The molecule has 1 aromatic rings. The fraction of sp³-hybridized carbons (Fsp3) is 0.429. The number of carbonyl (C=O) groups excluding carboxylic acids is 2. The number of anilines is 1. The van der Waals surface area contributed by atoms with Crippen molar-refractivity contribution < 1.29 is 22.8 Å². The number of halogens is 3. The van der Waals surface area contributed by atoms with Crippen molar-refractivity contribution in [1.29, 1.82) is 0 Å². The Bertz CT molecular complexity index is 560. The van der Waals surface area contributed by atoms with Gasteiger partial charge in [-0.15, -0.1) is 11.8 Å². The van der Waals surface area contributed by atoms with E-state index in [1.165, 1.54) is 4.90 Å². The highest BCUT2D eigenvalue weighted by molar-refractivity contribution is 7.98. The fourth-order valence-corrected chi connectivity index (χ4v) is 2.63. The molecule has 1 atom stereocenters. The highest BCUT2D eigenvalue weighted by atomic mass is 32.2. The zero-order valence-corrected chi connectivity index (χ0v) is 12.6. The second-order valence-electron chi connectivity index (χ2n) is 4.94. The smallest absolute Gasteiger partial charge is 0.347 e. The molecule has 0 aliphatic carbocycles. The third kappa shape index (κ3) is 4.16. The number of rotatable bonds is 4. The highest BCUT2D eigenvalue weighted by Crippen LogP contribution is 2.27. The van der Waals surface area contributed by atoms with Gasteiger partial charge in [-0.1, -0.05) is 0 Å². The summed E-state index contributed by atoms with van der Waals surface area (Å²) in [7, 11) is 0. The average molecular weight is 332 g/mol. The van der Waals surface area contributed by atoms with Crippen molar-refractivity contribution in [2.24, 2.45) is 5.92 Å². The monoisotopic (exact) mass is 332 g/mol. The SMILES string of the molecule is CSc1ccc(N2CC(C(=O)NCC(F)(F)F)CC2=O)cc1. The van der Waals surface area contributed by atoms with E-state index in [1.807, 2.05) is 23.7 Å². The molecule has 120 valence electrons. The van der Waals surface area contributed by atoms with Gasteiger partial charge in [0.2, 0.25) is 11.8 Å². The van der Waals surface area contributed by atoms with E-state index in [0.717, 1.165) is 4.90 Å². The third-order valence-electron chi connectivity index (χ3n) is 3.34. The summed E-state index contributed by atoms with van der Waals surface area (Å²) in [5.74, 6) is -1.76. The molecule has 2 amide bonds. The molecule has 0 radical (unpaired) electrons. The summed E-state index contributed by atoms with van der Waals surface area (Å²) in [5.41, 5.74) is 0.647. The Morgan fingerprint density at radius 3 is 2.55 bits per heavy atom. The Morgan fingerprint density at radius 2 is 2.00 bits per heavy atom. The molecule has 1 aliphatic rings. The van der Waals surface area contributed by atoms with Crippen LogP contribution in [0.2, 0.25) is 0 Å². The molecule has 1 aliphatic heterocycles. The van der Waals surface area contributed by atoms with Gasteiger partial charge >= 0.3 is 6.18 Å². The lowest BCUT2D eigenvalue weighted by Gasteiger charge is -2.17. The number of carbonyl (C=O) groups is 2.